The van der Waals surface area contributed by atoms with E-state index in [9.17, 15) is 8.42 Å². The number of hydrogen-bond acceptors (Lipinski definition) is 5. The Bertz CT molecular complexity index is 501. The zero-order valence-electron chi connectivity index (χ0n) is 11.0. The molecule has 1 aromatic rings. The molecule has 19 heavy (non-hydrogen) atoms. The van der Waals surface area contributed by atoms with Gasteiger partial charge in [0.15, 0.2) is 0 Å². The van der Waals surface area contributed by atoms with Gasteiger partial charge in [0.1, 0.15) is 10.6 Å². The first-order valence-electron chi connectivity index (χ1n) is 5.90. The Labute approximate surface area is 113 Å². The van der Waals surface area contributed by atoms with Gasteiger partial charge >= 0.3 is 0 Å². The van der Waals surface area contributed by atoms with Crippen LogP contribution in [0, 0.1) is 0 Å². The number of hydrogen-bond donors (Lipinski definition) is 2. The van der Waals surface area contributed by atoms with Gasteiger partial charge in [0.05, 0.1) is 20.3 Å². The van der Waals surface area contributed by atoms with E-state index in [2.05, 4.69) is 4.72 Å². The Morgan fingerprint density at radius 1 is 1.37 bits per heavy atom. The summed E-state index contributed by atoms with van der Waals surface area (Å²) < 4.78 is 36.7. The number of rotatable bonds is 8. The second-order valence-corrected chi connectivity index (χ2v) is 5.47. The van der Waals surface area contributed by atoms with Crippen molar-refractivity contribution in [1.82, 2.24) is 4.72 Å². The maximum atomic E-state index is 12.1. The third-order valence-electron chi connectivity index (χ3n) is 2.44. The second-order valence-electron chi connectivity index (χ2n) is 3.74. The number of sulfonamides is 1. The van der Waals surface area contributed by atoms with E-state index in [0.717, 1.165) is 0 Å². The summed E-state index contributed by atoms with van der Waals surface area (Å²) >= 11 is 0. The summed E-state index contributed by atoms with van der Waals surface area (Å²) in [7, 11) is -2.29. The first-order valence-corrected chi connectivity index (χ1v) is 7.38. The molecule has 0 saturated heterocycles. The molecule has 0 saturated carbocycles. The highest BCUT2D eigenvalue weighted by Gasteiger charge is 2.19. The molecule has 0 radical (unpaired) electrons. The Morgan fingerprint density at radius 2 is 2.11 bits per heavy atom. The van der Waals surface area contributed by atoms with Crippen LogP contribution in [0.5, 0.6) is 5.75 Å². The lowest BCUT2D eigenvalue weighted by Crippen LogP contribution is -2.28. The zero-order chi connectivity index (χ0) is 14.3. The fourth-order valence-electron chi connectivity index (χ4n) is 1.50. The minimum Gasteiger partial charge on any atom is -0.495 e. The Balaban J connectivity index is 2.92. The van der Waals surface area contributed by atoms with E-state index in [-0.39, 0.29) is 23.8 Å². The molecular weight excluding hydrogens is 270 g/mol. The summed E-state index contributed by atoms with van der Waals surface area (Å²) in [5.74, 6) is 0.237. The van der Waals surface area contributed by atoms with Gasteiger partial charge in [-0.1, -0.05) is 6.07 Å². The lowest BCUT2D eigenvalue weighted by molar-refractivity contribution is 0.153. The van der Waals surface area contributed by atoms with Crippen molar-refractivity contribution >= 4 is 10.0 Å². The molecule has 0 aromatic heterocycles. The molecule has 0 aliphatic rings. The standard InChI is InChI=1S/C12H19NO5S/c1-3-18-7-6-13-19(15,16)12-8-10(9-14)4-5-11(12)17-2/h4-5,8,13-14H,3,6-7,9H2,1-2H3. The lowest BCUT2D eigenvalue weighted by atomic mass is 10.2. The van der Waals surface area contributed by atoms with Gasteiger partial charge in [-0.05, 0) is 24.6 Å². The van der Waals surface area contributed by atoms with E-state index in [1.165, 1.54) is 19.2 Å². The highest BCUT2D eigenvalue weighted by molar-refractivity contribution is 7.89. The maximum Gasteiger partial charge on any atom is 0.244 e. The fourth-order valence-corrected chi connectivity index (χ4v) is 2.73. The molecule has 0 unspecified atom stereocenters. The summed E-state index contributed by atoms with van der Waals surface area (Å²) in [6.07, 6.45) is 0. The monoisotopic (exact) mass is 289 g/mol. The molecule has 0 bridgehead atoms. The lowest BCUT2D eigenvalue weighted by Gasteiger charge is -2.11. The van der Waals surface area contributed by atoms with E-state index in [1.54, 1.807) is 6.07 Å². The van der Waals surface area contributed by atoms with Gasteiger partial charge < -0.3 is 14.6 Å². The number of aliphatic hydroxyl groups is 1. The highest BCUT2D eigenvalue weighted by atomic mass is 32.2. The Kier molecular flexibility index (Phi) is 6.23. The van der Waals surface area contributed by atoms with E-state index >= 15 is 0 Å². The molecule has 1 rings (SSSR count). The summed E-state index contributed by atoms with van der Waals surface area (Å²) in [4.78, 5) is 0.0121. The van der Waals surface area contributed by atoms with Crippen LogP contribution in [0.2, 0.25) is 0 Å². The van der Waals surface area contributed by atoms with E-state index in [0.29, 0.717) is 18.8 Å². The van der Waals surface area contributed by atoms with Crippen molar-refractivity contribution in [3.05, 3.63) is 23.8 Å². The van der Waals surface area contributed by atoms with Crippen LogP contribution in [-0.4, -0.2) is 40.4 Å². The number of nitrogens with one attached hydrogen (secondary N) is 1. The molecule has 2 N–H and O–H groups in total. The van der Waals surface area contributed by atoms with Crippen LogP contribution in [0.15, 0.2) is 23.1 Å². The summed E-state index contributed by atoms with van der Waals surface area (Å²) in [6.45, 7) is 2.62. The largest absolute Gasteiger partial charge is 0.495 e. The van der Waals surface area contributed by atoms with Crippen LogP contribution in [0.1, 0.15) is 12.5 Å². The van der Waals surface area contributed by atoms with Crippen molar-refractivity contribution in [2.24, 2.45) is 0 Å². The van der Waals surface area contributed by atoms with Gasteiger partial charge in [-0.25, -0.2) is 13.1 Å². The molecule has 0 amide bonds. The average Bonchev–Trinajstić information content (AvgIpc) is 2.43. The van der Waals surface area contributed by atoms with Crippen molar-refractivity contribution in [3.8, 4) is 5.75 Å². The van der Waals surface area contributed by atoms with Crippen LogP contribution >= 0.6 is 0 Å². The molecule has 0 aliphatic carbocycles. The van der Waals surface area contributed by atoms with Gasteiger partial charge in [-0.3, -0.25) is 0 Å². The first-order chi connectivity index (χ1) is 9.05. The number of benzene rings is 1. The van der Waals surface area contributed by atoms with Crippen LogP contribution in [0.4, 0.5) is 0 Å². The molecule has 7 heteroatoms. The molecule has 1 aromatic carbocycles. The summed E-state index contributed by atoms with van der Waals surface area (Å²) in [5.41, 5.74) is 0.506. The van der Waals surface area contributed by atoms with Gasteiger partial charge in [0.25, 0.3) is 0 Å². The van der Waals surface area contributed by atoms with Crippen LogP contribution in [0.25, 0.3) is 0 Å². The van der Waals surface area contributed by atoms with Crippen LogP contribution in [0.3, 0.4) is 0 Å². The molecular formula is C12H19NO5S. The predicted octanol–water partition coefficient (Wildman–Crippen LogP) is 0.502. The molecule has 0 fully saturated rings. The van der Waals surface area contributed by atoms with Crippen molar-refractivity contribution in [3.63, 3.8) is 0 Å². The van der Waals surface area contributed by atoms with Gasteiger partial charge in [-0.2, -0.15) is 0 Å². The second kappa shape index (κ2) is 7.44. The minimum absolute atomic E-state index is 0.0121. The van der Waals surface area contributed by atoms with Gasteiger partial charge in [0.2, 0.25) is 10.0 Å². The maximum absolute atomic E-state index is 12.1. The molecule has 0 heterocycles. The topological polar surface area (TPSA) is 84.9 Å². The number of aliphatic hydroxyl groups excluding tert-OH is 1. The molecule has 6 nitrogen and oxygen atoms in total. The van der Waals surface area contributed by atoms with Gasteiger partial charge in [0, 0.05) is 13.2 Å². The third-order valence-corrected chi connectivity index (χ3v) is 3.92. The number of methoxy groups -OCH3 is 1. The molecule has 0 aliphatic heterocycles. The summed E-state index contributed by atoms with van der Waals surface area (Å²) in [5, 5.41) is 9.06. The normalized spacial score (nSPS) is 11.5. The summed E-state index contributed by atoms with van der Waals surface area (Å²) in [6, 6.07) is 4.52. The average molecular weight is 289 g/mol. The van der Waals surface area contributed by atoms with Crippen LogP contribution < -0.4 is 9.46 Å². The molecule has 0 atom stereocenters. The quantitative estimate of drug-likeness (QED) is 0.681. The molecule has 0 spiro atoms. The van der Waals surface area contributed by atoms with Crippen molar-refractivity contribution in [2.45, 2.75) is 18.4 Å². The van der Waals surface area contributed by atoms with Crippen molar-refractivity contribution in [1.29, 1.82) is 0 Å². The Morgan fingerprint density at radius 3 is 2.68 bits per heavy atom. The third kappa shape index (κ3) is 4.46. The van der Waals surface area contributed by atoms with E-state index < -0.39 is 10.0 Å². The van der Waals surface area contributed by atoms with E-state index in [1.807, 2.05) is 6.92 Å². The SMILES string of the molecule is CCOCCNS(=O)(=O)c1cc(CO)ccc1OC. The zero-order valence-corrected chi connectivity index (χ0v) is 11.9. The fraction of sp³-hybridized carbons (Fsp3) is 0.500. The number of ether oxygens (including phenoxy) is 2. The van der Waals surface area contributed by atoms with Gasteiger partial charge in [-0.15, -0.1) is 0 Å². The minimum atomic E-state index is -3.68. The van der Waals surface area contributed by atoms with Crippen molar-refractivity contribution < 1.29 is 23.0 Å². The predicted molar refractivity (Wildman–Crippen MR) is 70.6 cm³/mol. The Hall–Kier alpha value is -1.15. The first kappa shape index (κ1) is 15.9. The molecule has 108 valence electrons. The van der Waals surface area contributed by atoms with Crippen LogP contribution in [-0.2, 0) is 21.4 Å². The highest BCUT2D eigenvalue weighted by Crippen LogP contribution is 2.24. The smallest absolute Gasteiger partial charge is 0.244 e. The van der Waals surface area contributed by atoms with Crippen molar-refractivity contribution in [2.75, 3.05) is 26.9 Å². The van der Waals surface area contributed by atoms with E-state index in [4.69, 9.17) is 14.6 Å².